The van der Waals surface area contributed by atoms with Gasteiger partial charge in [0.25, 0.3) is 11.8 Å². The van der Waals surface area contributed by atoms with E-state index in [1.54, 1.807) is 18.2 Å². The summed E-state index contributed by atoms with van der Waals surface area (Å²) >= 11 is 0. The van der Waals surface area contributed by atoms with Crippen LogP contribution in [-0.2, 0) is 15.2 Å². The topological polar surface area (TPSA) is 107 Å². The molecule has 2 saturated heterocycles. The van der Waals surface area contributed by atoms with Crippen molar-refractivity contribution in [3.63, 3.8) is 0 Å². The minimum Gasteiger partial charge on any atom is -0.385 e. The minimum atomic E-state index is -1.10. The summed E-state index contributed by atoms with van der Waals surface area (Å²) in [5.74, 6) is -2.14. The van der Waals surface area contributed by atoms with E-state index >= 15 is 0 Å². The summed E-state index contributed by atoms with van der Waals surface area (Å²) in [6, 6.07) is 14.3. The van der Waals surface area contributed by atoms with Gasteiger partial charge in [0.05, 0.1) is 16.7 Å². The molecule has 0 spiro atoms. The van der Waals surface area contributed by atoms with Gasteiger partial charge in [-0.2, -0.15) is 0 Å². The van der Waals surface area contributed by atoms with Gasteiger partial charge in [0.1, 0.15) is 6.04 Å². The Morgan fingerprint density at radius 2 is 1.65 bits per heavy atom. The van der Waals surface area contributed by atoms with Gasteiger partial charge in [-0.3, -0.25) is 34.3 Å². The first-order chi connectivity index (χ1) is 16.3. The summed E-state index contributed by atoms with van der Waals surface area (Å²) < 4.78 is 0. The highest BCUT2D eigenvalue weighted by molar-refractivity contribution is 6.23. The van der Waals surface area contributed by atoms with Gasteiger partial charge >= 0.3 is 0 Å². The monoisotopic (exact) mass is 461 g/mol. The molecule has 3 aliphatic heterocycles. The first kappa shape index (κ1) is 22.4. The Labute approximate surface area is 197 Å². The number of benzene rings is 2. The van der Waals surface area contributed by atoms with Crippen molar-refractivity contribution in [1.29, 1.82) is 0 Å². The Morgan fingerprint density at radius 3 is 2.32 bits per heavy atom. The predicted molar refractivity (Wildman–Crippen MR) is 123 cm³/mol. The number of hydrogen-bond donors (Lipinski definition) is 2. The van der Waals surface area contributed by atoms with Crippen LogP contribution >= 0.6 is 0 Å². The summed E-state index contributed by atoms with van der Waals surface area (Å²) in [5.41, 5.74) is 1.14. The number of nitrogens with one attached hydrogen (secondary N) is 1. The SMILES string of the molecule is CC(c1ccccc1)N1CCC(O)(c2ccc3c(c2)C(=O)N(C2CCC(=O)NC2=O)C3=O)CC1. The zero-order valence-electron chi connectivity index (χ0n) is 19.0. The van der Waals surface area contributed by atoms with E-state index in [2.05, 4.69) is 29.3 Å². The van der Waals surface area contributed by atoms with Crippen molar-refractivity contribution in [2.24, 2.45) is 0 Å². The molecule has 2 aromatic rings. The first-order valence-electron chi connectivity index (χ1n) is 11.7. The zero-order chi connectivity index (χ0) is 24.0. The summed E-state index contributed by atoms with van der Waals surface area (Å²) in [6.45, 7) is 3.54. The van der Waals surface area contributed by atoms with Crippen LogP contribution in [0.5, 0.6) is 0 Å². The number of amides is 4. The lowest BCUT2D eigenvalue weighted by Gasteiger charge is -2.41. The predicted octanol–water partition coefficient (Wildman–Crippen LogP) is 2.13. The summed E-state index contributed by atoms with van der Waals surface area (Å²) in [4.78, 5) is 53.1. The molecule has 34 heavy (non-hydrogen) atoms. The second kappa shape index (κ2) is 8.45. The highest BCUT2D eigenvalue weighted by Crippen LogP contribution is 2.38. The lowest BCUT2D eigenvalue weighted by molar-refractivity contribution is -0.136. The molecule has 0 aliphatic carbocycles. The molecule has 8 heteroatoms. The van der Waals surface area contributed by atoms with Crippen molar-refractivity contribution >= 4 is 23.6 Å². The number of carbonyl (C=O) groups is 4. The van der Waals surface area contributed by atoms with E-state index in [0.29, 0.717) is 31.5 Å². The van der Waals surface area contributed by atoms with Crippen LogP contribution in [0.3, 0.4) is 0 Å². The number of rotatable bonds is 4. The van der Waals surface area contributed by atoms with Gasteiger partial charge in [0, 0.05) is 25.6 Å². The number of imide groups is 2. The summed E-state index contributed by atoms with van der Waals surface area (Å²) in [7, 11) is 0. The Kier molecular flexibility index (Phi) is 5.58. The summed E-state index contributed by atoms with van der Waals surface area (Å²) in [6.07, 6.45) is 1.19. The standard InChI is InChI=1S/C26H27N3O5/c1-16(17-5-3-2-4-6-17)28-13-11-26(34,12-14-28)18-7-8-19-20(15-18)25(33)29(24(19)32)21-9-10-22(30)27-23(21)31/h2-8,15-16,21,34H,9-14H2,1H3,(H,27,30,31). The molecular formula is C26H27N3O5. The fraction of sp³-hybridized carbons (Fsp3) is 0.385. The van der Waals surface area contributed by atoms with Gasteiger partial charge in [0.15, 0.2) is 0 Å². The highest BCUT2D eigenvalue weighted by Gasteiger charge is 2.45. The third-order valence-corrected chi connectivity index (χ3v) is 7.43. The molecule has 2 atom stereocenters. The average molecular weight is 462 g/mol. The van der Waals surface area contributed by atoms with Crippen molar-refractivity contribution < 1.29 is 24.3 Å². The van der Waals surface area contributed by atoms with Crippen LogP contribution < -0.4 is 5.32 Å². The van der Waals surface area contributed by atoms with Crippen LogP contribution in [-0.4, -0.2) is 57.7 Å². The number of fused-ring (bicyclic) bond motifs is 1. The van der Waals surface area contributed by atoms with Gasteiger partial charge < -0.3 is 5.11 Å². The molecule has 3 heterocycles. The molecule has 2 fully saturated rings. The van der Waals surface area contributed by atoms with Crippen molar-refractivity contribution in [2.75, 3.05) is 13.1 Å². The molecule has 5 rings (SSSR count). The first-order valence-corrected chi connectivity index (χ1v) is 11.7. The van der Waals surface area contributed by atoms with Crippen LogP contribution in [0.2, 0.25) is 0 Å². The van der Waals surface area contributed by atoms with Crippen LogP contribution in [0.25, 0.3) is 0 Å². The molecule has 0 radical (unpaired) electrons. The maximum atomic E-state index is 13.1. The molecule has 0 bridgehead atoms. The molecule has 8 nitrogen and oxygen atoms in total. The molecule has 3 aliphatic rings. The largest absolute Gasteiger partial charge is 0.385 e. The normalized spacial score (nSPS) is 23.6. The quantitative estimate of drug-likeness (QED) is 0.676. The third-order valence-electron chi connectivity index (χ3n) is 7.43. The van der Waals surface area contributed by atoms with Gasteiger partial charge in [0.2, 0.25) is 11.8 Å². The molecule has 4 amide bonds. The second-order valence-electron chi connectivity index (χ2n) is 9.36. The third kappa shape index (κ3) is 3.73. The zero-order valence-corrected chi connectivity index (χ0v) is 19.0. The average Bonchev–Trinajstić information content (AvgIpc) is 3.09. The van der Waals surface area contributed by atoms with Crippen molar-refractivity contribution in [3.8, 4) is 0 Å². The lowest BCUT2D eigenvalue weighted by Crippen LogP contribution is -2.54. The van der Waals surface area contributed by atoms with Crippen molar-refractivity contribution in [2.45, 2.75) is 50.3 Å². The van der Waals surface area contributed by atoms with E-state index in [-0.39, 0.29) is 30.0 Å². The van der Waals surface area contributed by atoms with Crippen molar-refractivity contribution in [3.05, 3.63) is 70.8 Å². The number of aliphatic hydroxyl groups is 1. The smallest absolute Gasteiger partial charge is 0.262 e. The number of likely N-dealkylation sites (tertiary alicyclic amines) is 1. The fourth-order valence-electron chi connectivity index (χ4n) is 5.27. The maximum Gasteiger partial charge on any atom is 0.262 e. The lowest BCUT2D eigenvalue weighted by atomic mass is 9.82. The van der Waals surface area contributed by atoms with E-state index in [9.17, 15) is 24.3 Å². The molecule has 176 valence electrons. The number of piperidine rings is 2. The molecular weight excluding hydrogens is 434 g/mol. The van der Waals surface area contributed by atoms with E-state index in [4.69, 9.17) is 0 Å². The number of carbonyl (C=O) groups excluding carboxylic acids is 4. The van der Waals surface area contributed by atoms with Gasteiger partial charge in [-0.15, -0.1) is 0 Å². The van der Waals surface area contributed by atoms with E-state index in [0.717, 1.165) is 4.90 Å². The molecule has 2 unspecified atom stereocenters. The Morgan fingerprint density at radius 1 is 0.971 bits per heavy atom. The number of hydrogen-bond acceptors (Lipinski definition) is 6. The van der Waals surface area contributed by atoms with Crippen LogP contribution in [0.4, 0.5) is 0 Å². The van der Waals surface area contributed by atoms with E-state index < -0.39 is 35.3 Å². The van der Waals surface area contributed by atoms with Crippen molar-refractivity contribution in [1.82, 2.24) is 15.1 Å². The Balaban J connectivity index is 1.33. The molecule has 0 aromatic heterocycles. The highest BCUT2D eigenvalue weighted by atomic mass is 16.3. The van der Waals surface area contributed by atoms with Gasteiger partial charge in [-0.25, -0.2) is 0 Å². The number of nitrogens with zero attached hydrogens (tertiary/aromatic N) is 2. The van der Waals surface area contributed by atoms with Crippen LogP contribution in [0.15, 0.2) is 48.5 Å². The molecule has 2 aromatic carbocycles. The van der Waals surface area contributed by atoms with E-state index in [1.165, 1.54) is 5.56 Å². The van der Waals surface area contributed by atoms with Gasteiger partial charge in [-0.1, -0.05) is 36.4 Å². The fourth-order valence-corrected chi connectivity index (χ4v) is 5.27. The molecule has 0 saturated carbocycles. The second-order valence-corrected chi connectivity index (χ2v) is 9.36. The van der Waals surface area contributed by atoms with E-state index in [1.807, 2.05) is 18.2 Å². The van der Waals surface area contributed by atoms with Crippen LogP contribution in [0.1, 0.15) is 70.5 Å². The molecule has 2 N–H and O–H groups in total. The summed E-state index contributed by atoms with van der Waals surface area (Å²) in [5, 5.41) is 13.6. The van der Waals surface area contributed by atoms with Gasteiger partial charge in [-0.05, 0) is 49.4 Å². The van der Waals surface area contributed by atoms with Crippen LogP contribution in [0, 0.1) is 0 Å². The Hall–Kier alpha value is -3.36. The maximum absolute atomic E-state index is 13.1. The Bertz CT molecular complexity index is 1170. The minimum absolute atomic E-state index is 0.0761.